The Labute approximate surface area is 508 Å². The van der Waals surface area contributed by atoms with Crippen LogP contribution in [0.4, 0.5) is 0 Å². The van der Waals surface area contributed by atoms with Gasteiger partial charge in [-0.2, -0.15) is 0 Å². The Morgan fingerprint density at radius 2 is 0.877 bits per heavy atom. The van der Waals surface area contributed by atoms with Crippen LogP contribution in [-0.2, 0) is 9.47 Å². The Morgan fingerprint density at radius 3 is 1.21 bits per heavy atom. The van der Waals surface area contributed by atoms with Crippen molar-refractivity contribution in [3.8, 4) is 21.4 Å². The van der Waals surface area contributed by atoms with E-state index in [4.69, 9.17) is 20.2 Å². The van der Waals surface area contributed by atoms with Gasteiger partial charge in [0.1, 0.15) is 0 Å². The molecule has 0 spiro atoms. The van der Waals surface area contributed by atoms with Crippen LogP contribution in [0, 0.1) is 0 Å². The molecule has 0 aliphatic rings. The molecule has 7 heterocycles. The second kappa shape index (κ2) is 38.1. The van der Waals surface area contributed by atoms with Gasteiger partial charge in [0, 0.05) is 24.8 Å². The minimum absolute atomic E-state index is 0. The molecule has 0 fully saturated rings. The fourth-order valence-electron chi connectivity index (χ4n) is 6.06. The summed E-state index contributed by atoms with van der Waals surface area (Å²) in [6.45, 7) is 12.2. The van der Waals surface area contributed by atoms with Gasteiger partial charge in [-0.3, -0.25) is 0 Å². The molecule has 7 aromatic heterocycles. The predicted molar refractivity (Wildman–Crippen MR) is 301 cm³/mol. The molecule has 388 valence electrons. The summed E-state index contributed by atoms with van der Waals surface area (Å²) in [5, 5.41) is 24.4. The van der Waals surface area contributed by atoms with E-state index < -0.39 is 38.6 Å². The first kappa shape index (κ1) is 68.5. The molecule has 0 aromatic carbocycles. The van der Waals surface area contributed by atoms with Crippen LogP contribution < -0.4 is 60.0 Å². The summed E-state index contributed by atoms with van der Waals surface area (Å²) in [7, 11) is 0.863. The zero-order valence-electron chi connectivity index (χ0n) is 42.5. The first-order valence-electron chi connectivity index (χ1n) is 22.6. The summed E-state index contributed by atoms with van der Waals surface area (Å²) in [6.07, 6.45) is 18.4. The Balaban J connectivity index is 0.000000453. The molecule has 0 atom stereocenters. The van der Waals surface area contributed by atoms with Crippen LogP contribution >= 0.6 is 77.2 Å². The van der Waals surface area contributed by atoms with E-state index in [9.17, 15) is 24.0 Å². The summed E-state index contributed by atoms with van der Waals surface area (Å²) in [5.41, 5.74) is 1.68. The fraction of sp³-hybridized carbons (Fsp3) is 0.347. The maximum Gasteiger partial charge on any atom is 1.00 e. The number of carbonyl (C=O) groups excluding carboxylic acids is 2. The van der Waals surface area contributed by atoms with Gasteiger partial charge in [-0.05, 0) is 89.8 Å². The van der Waals surface area contributed by atoms with Crippen LogP contribution in [0.5, 0.6) is 0 Å². The zero-order chi connectivity index (χ0) is 53.5. The van der Waals surface area contributed by atoms with Gasteiger partial charge < -0.3 is 24.5 Å². The van der Waals surface area contributed by atoms with Gasteiger partial charge >= 0.3 is 199 Å². The third-order valence-corrected chi connectivity index (χ3v) is 29.3. The third-order valence-electron chi connectivity index (χ3n) is 9.44. The maximum absolute atomic E-state index is 11.4. The van der Waals surface area contributed by atoms with Gasteiger partial charge in [0.2, 0.25) is 0 Å². The molecular formula is C49H61Br2KN6O9S4SiSn. The minimum atomic E-state index is -2.32. The SMILES string of the molecule is CCC[CH2][Sn]([CH2]CCC)([CH2]CCC)[c]1ncccn1.COC(=O)c1ccsc1-c1ncccn1.COC(=O)c1ccsc1Br.C[Si](C)(C)[O-].O=C(O)c1ccsc1-c1ncccn1.O=C(O)c1ccsc1Br.[K+]. The monoisotopic (exact) mass is 1350 g/mol. The second-order valence-electron chi connectivity index (χ2n) is 16.1. The summed E-state index contributed by atoms with van der Waals surface area (Å²) < 4.78 is 16.3. The van der Waals surface area contributed by atoms with E-state index in [0.717, 1.165) is 8.66 Å². The number of ether oxygens (including phenoxy) is 2. The number of hydrogen-bond acceptors (Lipinski definition) is 17. The maximum atomic E-state index is 11.4. The Morgan fingerprint density at radius 1 is 0.562 bits per heavy atom. The van der Waals surface area contributed by atoms with Crippen LogP contribution in [-0.4, -0.2) is 105 Å². The molecule has 15 nitrogen and oxygen atoms in total. The first-order chi connectivity index (χ1) is 34.4. The molecule has 0 amide bonds. The third kappa shape index (κ3) is 25.9. The van der Waals surface area contributed by atoms with Crippen molar-refractivity contribution in [3.63, 3.8) is 0 Å². The summed E-state index contributed by atoms with van der Waals surface area (Å²) in [5.74, 6) is -1.49. The second-order valence-corrected chi connectivity index (χ2v) is 39.4. The standard InChI is InChI=1S/C10H8N2O2S.C9H6N2O2S.C6H5BrO2S.C5H3BrO2S.C4H3N2.3C4H9.C3H9OSi.K.Sn/c1-14-10(13)7-3-6-15-8(7)9-11-4-2-5-12-9;12-9(13)6-2-5-14-7(6)8-10-3-1-4-11-8;1-9-6(8)4-2-3-10-5(4)7;6-4-3(5(7)8)1-2-9-4;1-2-5-4-6-3-1;3*1-3-4-2;1-5(2,3)4;;/h2-6H,1H3;1-5H,(H,12,13);2-3H,1H3;1-2H,(H,7,8);1-3H;3*1,3-4H2,2H3;1-3H3;;/q;;;;;;;;-1;+1;. The normalized spacial score (nSPS) is 10.3. The first-order valence-corrected chi connectivity index (χ1v) is 38.6. The van der Waals surface area contributed by atoms with E-state index in [-0.39, 0.29) is 68.9 Å². The van der Waals surface area contributed by atoms with E-state index in [1.165, 1.54) is 115 Å². The van der Waals surface area contributed by atoms with Crippen molar-refractivity contribution in [3.05, 3.63) is 131 Å². The molecule has 0 aliphatic carbocycles. The number of esters is 2. The fourth-order valence-corrected chi connectivity index (χ4v) is 25.0. The average Bonchev–Trinajstić information content (AvgIpc) is 4.23. The van der Waals surface area contributed by atoms with E-state index in [1.807, 2.05) is 29.2 Å². The quantitative estimate of drug-likeness (QED) is 0.0678. The largest absolute Gasteiger partial charge is 1.00 e. The molecule has 73 heavy (non-hydrogen) atoms. The number of carboxylic acid groups (broad SMARTS) is 2. The number of rotatable bonds is 16. The van der Waals surface area contributed by atoms with Gasteiger partial charge in [0.05, 0.1) is 53.8 Å². The molecule has 0 bridgehead atoms. The Kier molecular flexibility index (Phi) is 35.8. The Bertz CT molecular complexity index is 2620. The summed E-state index contributed by atoms with van der Waals surface area (Å²) in [6, 6.07) is 11.9. The van der Waals surface area contributed by atoms with Gasteiger partial charge in [-0.25, -0.2) is 39.1 Å². The van der Waals surface area contributed by atoms with Crippen molar-refractivity contribution in [2.75, 3.05) is 14.2 Å². The molecule has 0 aliphatic heterocycles. The molecule has 0 unspecified atom stereocenters. The van der Waals surface area contributed by atoms with Crippen LogP contribution in [0.3, 0.4) is 0 Å². The van der Waals surface area contributed by atoms with Crippen molar-refractivity contribution in [2.24, 2.45) is 0 Å². The molecule has 0 radical (unpaired) electrons. The number of unbranched alkanes of at least 4 members (excludes halogenated alkanes) is 3. The van der Waals surface area contributed by atoms with E-state index in [2.05, 4.69) is 82.0 Å². The predicted octanol–water partition coefficient (Wildman–Crippen LogP) is 10.1. The number of halogens is 2. The van der Waals surface area contributed by atoms with Gasteiger partial charge in [0.15, 0.2) is 11.6 Å². The number of nitrogens with zero attached hydrogens (tertiary/aromatic N) is 6. The minimum Gasteiger partial charge on any atom is -0.859 e. The van der Waals surface area contributed by atoms with Crippen molar-refractivity contribution in [1.82, 2.24) is 29.9 Å². The van der Waals surface area contributed by atoms with Crippen LogP contribution in [0.15, 0.2) is 109 Å². The van der Waals surface area contributed by atoms with E-state index >= 15 is 0 Å². The van der Waals surface area contributed by atoms with Gasteiger partial charge in [-0.15, -0.1) is 45.3 Å². The van der Waals surface area contributed by atoms with Crippen LogP contribution in [0.1, 0.15) is 101 Å². The summed E-state index contributed by atoms with van der Waals surface area (Å²) >= 11 is 9.59. The molecule has 7 rings (SSSR count). The number of carbonyl (C=O) groups is 4. The molecular weight excluding hydrogens is 1290 g/mol. The van der Waals surface area contributed by atoms with Crippen LogP contribution in [0.2, 0.25) is 33.0 Å². The zero-order valence-corrected chi connectivity index (χ0v) is 55.9. The smallest absolute Gasteiger partial charge is 0.859 e. The molecule has 2 N–H and O–H groups in total. The number of methoxy groups -OCH3 is 2. The number of carboxylic acids is 2. The topological polar surface area (TPSA) is 228 Å². The van der Waals surface area contributed by atoms with Crippen molar-refractivity contribution in [2.45, 2.75) is 92.2 Å². The van der Waals surface area contributed by atoms with Crippen molar-refractivity contribution >= 4 is 132 Å². The number of thiophene rings is 4. The van der Waals surface area contributed by atoms with Crippen LogP contribution in [0.25, 0.3) is 21.4 Å². The molecule has 0 saturated heterocycles. The summed E-state index contributed by atoms with van der Waals surface area (Å²) in [4.78, 5) is 80.5. The van der Waals surface area contributed by atoms with E-state index in [1.54, 1.807) is 91.6 Å². The number of aromatic carboxylic acids is 2. The number of hydrogen-bond donors (Lipinski definition) is 2. The molecule has 24 heteroatoms. The van der Waals surface area contributed by atoms with E-state index in [0.29, 0.717) is 37.0 Å². The van der Waals surface area contributed by atoms with Crippen molar-refractivity contribution < 1.29 is 95.0 Å². The Hall–Kier alpha value is -2.51. The average molecular weight is 1350 g/mol. The van der Waals surface area contributed by atoms with Gasteiger partial charge in [-0.1, -0.05) is 28.0 Å². The number of aromatic nitrogens is 6. The molecule has 7 aromatic rings. The van der Waals surface area contributed by atoms with Crippen molar-refractivity contribution in [1.29, 1.82) is 0 Å². The van der Waals surface area contributed by atoms with Gasteiger partial charge in [0.25, 0.3) is 0 Å². The molecule has 0 saturated carbocycles.